The molecule has 6 rings (SSSR count). The molecule has 1 aliphatic heterocycles. The fourth-order valence-corrected chi connectivity index (χ4v) is 5.54. The van der Waals surface area contributed by atoms with Gasteiger partial charge in [0.2, 0.25) is 0 Å². The Morgan fingerprint density at radius 1 is 0.875 bits per heavy atom. The highest BCUT2D eigenvalue weighted by Crippen LogP contribution is 2.24. The number of benzene rings is 3. The summed E-state index contributed by atoms with van der Waals surface area (Å²) in [7, 11) is 0. The number of aryl methyl sites for hydroxylation is 1. The molecule has 1 amide bonds. The van der Waals surface area contributed by atoms with E-state index in [-0.39, 0.29) is 5.91 Å². The van der Waals surface area contributed by atoms with Crippen molar-refractivity contribution in [2.75, 3.05) is 25.0 Å². The molecular formula is C33H32ClN5O. The predicted molar refractivity (Wildman–Crippen MR) is 161 cm³/mol. The molecule has 6 nitrogen and oxygen atoms in total. The predicted octanol–water partition coefficient (Wildman–Crippen LogP) is 6.92. The number of carbonyl (C=O) groups excluding carboxylic acids is 1. The number of hydrogen-bond donors (Lipinski definition) is 1. The fourth-order valence-electron chi connectivity index (χ4n) is 5.35. The third kappa shape index (κ3) is 6.24. The lowest BCUT2D eigenvalue weighted by molar-refractivity contribution is 0.102. The molecule has 0 unspecified atom stereocenters. The van der Waals surface area contributed by atoms with Crippen LogP contribution in [0.3, 0.4) is 0 Å². The number of aromatic nitrogens is 3. The first-order valence-corrected chi connectivity index (χ1v) is 14.3. The van der Waals surface area contributed by atoms with Gasteiger partial charge in [-0.2, -0.15) is 5.10 Å². The topological polar surface area (TPSA) is 62.5 Å². The SMILES string of the molecule is O=C(Nc1cccc(-c2cccc3nc(Cc4ccc(CCCN5CCCC5)cc4)nn23)c1)c1cccc(Cl)c1. The average Bonchev–Trinajstić information content (AvgIpc) is 3.64. The summed E-state index contributed by atoms with van der Waals surface area (Å²) in [4.78, 5) is 20.1. The van der Waals surface area contributed by atoms with Crippen molar-refractivity contribution in [2.24, 2.45) is 0 Å². The van der Waals surface area contributed by atoms with Gasteiger partial charge in [-0.15, -0.1) is 0 Å². The van der Waals surface area contributed by atoms with E-state index in [0.29, 0.717) is 22.7 Å². The Kier molecular flexibility index (Phi) is 7.89. The molecule has 0 saturated carbocycles. The molecule has 40 heavy (non-hydrogen) atoms. The number of carbonyl (C=O) groups is 1. The van der Waals surface area contributed by atoms with Gasteiger partial charge >= 0.3 is 0 Å². The maximum absolute atomic E-state index is 12.7. The normalized spacial score (nSPS) is 13.6. The summed E-state index contributed by atoms with van der Waals surface area (Å²) in [6.07, 6.45) is 5.70. The van der Waals surface area contributed by atoms with Gasteiger partial charge in [0.15, 0.2) is 11.5 Å². The number of anilines is 1. The second-order valence-electron chi connectivity index (χ2n) is 10.4. The van der Waals surface area contributed by atoms with Crippen molar-refractivity contribution in [1.82, 2.24) is 19.5 Å². The maximum Gasteiger partial charge on any atom is 0.255 e. The standard InChI is InChI=1S/C33H32ClN5O/c34-28-10-3-9-27(22-28)33(40)35-29-11-4-8-26(23-29)30-12-5-13-32-36-31(37-39(30)32)21-25-16-14-24(15-17-25)7-6-20-38-18-1-2-19-38/h3-5,8-17,22-23H,1-2,6-7,18-21H2,(H,35,40). The van der Waals surface area contributed by atoms with Gasteiger partial charge in [-0.25, -0.2) is 9.50 Å². The third-order valence-electron chi connectivity index (χ3n) is 7.43. The molecule has 0 aliphatic carbocycles. The number of hydrogen-bond acceptors (Lipinski definition) is 4. The summed E-state index contributed by atoms with van der Waals surface area (Å²) in [5.41, 5.74) is 6.42. The number of amides is 1. The molecule has 2 aromatic heterocycles. The Morgan fingerprint density at radius 3 is 2.48 bits per heavy atom. The highest BCUT2D eigenvalue weighted by atomic mass is 35.5. The largest absolute Gasteiger partial charge is 0.322 e. The van der Waals surface area contributed by atoms with Crippen molar-refractivity contribution in [3.05, 3.63) is 119 Å². The molecule has 3 aromatic carbocycles. The quantitative estimate of drug-likeness (QED) is 0.217. The molecule has 0 bridgehead atoms. The lowest BCUT2D eigenvalue weighted by atomic mass is 10.1. The Balaban J connectivity index is 1.14. The van der Waals surface area contributed by atoms with Crippen molar-refractivity contribution in [2.45, 2.75) is 32.1 Å². The van der Waals surface area contributed by atoms with Crippen LogP contribution in [0.2, 0.25) is 5.02 Å². The number of fused-ring (bicyclic) bond motifs is 1. The van der Waals surface area contributed by atoms with Gasteiger partial charge in [-0.05, 0) is 98.9 Å². The molecule has 0 radical (unpaired) electrons. The molecule has 1 N–H and O–H groups in total. The first kappa shape index (κ1) is 26.2. The molecule has 3 heterocycles. The molecular weight excluding hydrogens is 518 g/mol. The summed E-state index contributed by atoms with van der Waals surface area (Å²) in [5, 5.41) is 8.34. The second kappa shape index (κ2) is 12.0. The zero-order valence-corrected chi connectivity index (χ0v) is 23.1. The van der Waals surface area contributed by atoms with Gasteiger partial charge in [0.1, 0.15) is 0 Å². The monoisotopic (exact) mass is 549 g/mol. The van der Waals surface area contributed by atoms with Crippen molar-refractivity contribution < 1.29 is 4.79 Å². The number of likely N-dealkylation sites (tertiary alicyclic amines) is 1. The Morgan fingerprint density at radius 2 is 1.65 bits per heavy atom. The van der Waals surface area contributed by atoms with Crippen molar-refractivity contribution >= 4 is 28.8 Å². The van der Waals surface area contributed by atoms with E-state index in [1.54, 1.807) is 24.3 Å². The van der Waals surface area contributed by atoms with Crippen LogP contribution in [-0.4, -0.2) is 45.0 Å². The van der Waals surface area contributed by atoms with E-state index >= 15 is 0 Å². The van der Waals surface area contributed by atoms with Crippen LogP contribution in [0.5, 0.6) is 0 Å². The minimum atomic E-state index is -0.210. The zero-order valence-electron chi connectivity index (χ0n) is 22.4. The molecule has 0 atom stereocenters. The van der Waals surface area contributed by atoms with E-state index in [1.165, 1.54) is 50.0 Å². The second-order valence-corrected chi connectivity index (χ2v) is 10.8. The summed E-state index contributed by atoms with van der Waals surface area (Å²) < 4.78 is 1.87. The molecule has 7 heteroatoms. The van der Waals surface area contributed by atoms with Crippen LogP contribution in [0.15, 0.2) is 91.0 Å². The lowest BCUT2D eigenvalue weighted by Gasteiger charge is -2.13. The summed E-state index contributed by atoms with van der Waals surface area (Å²) in [5.74, 6) is 0.568. The van der Waals surface area contributed by atoms with E-state index in [1.807, 2.05) is 47.0 Å². The number of pyridine rings is 1. The van der Waals surface area contributed by atoms with Crippen molar-refractivity contribution in [1.29, 1.82) is 0 Å². The van der Waals surface area contributed by atoms with E-state index in [2.05, 4.69) is 34.5 Å². The van der Waals surface area contributed by atoms with Crippen LogP contribution in [0.25, 0.3) is 16.9 Å². The zero-order chi connectivity index (χ0) is 27.3. The first-order chi connectivity index (χ1) is 19.6. The van der Waals surface area contributed by atoms with Gasteiger partial charge in [-0.3, -0.25) is 4.79 Å². The number of nitrogens with one attached hydrogen (secondary N) is 1. The number of nitrogens with zero attached hydrogens (tertiary/aromatic N) is 4. The van der Waals surface area contributed by atoms with Gasteiger partial charge in [0.25, 0.3) is 5.91 Å². The molecule has 1 fully saturated rings. The average molecular weight is 550 g/mol. The summed E-state index contributed by atoms with van der Waals surface area (Å²) >= 11 is 6.05. The van der Waals surface area contributed by atoms with E-state index in [4.69, 9.17) is 21.7 Å². The summed E-state index contributed by atoms with van der Waals surface area (Å²) in [6.45, 7) is 3.73. The van der Waals surface area contributed by atoms with Crippen LogP contribution in [-0.2, 0) is 12.8 Å². The Bertz CT molecular complexity index is 1620. The third-order valence-corrected chi connectivity index (χ3v) is 7.67. The number of rotatable bonds is 9. The van der Waals surface area contributed by atoms with E-state index in [9.17, 15) is 4.79 Å². The molecule has 202 valence electrons. The Hall–Kier alpha value is -4.00. The maximum atomic E-state index is 12.7. The molecule has 0 spiro atoms. The first-order valence-electron chi connectivity index (χ1n) is 13.9. The minimum Gasteiger partial charge on any atom is -0.322 e. The summed E-state index contributed by atoms with van der Waals surface area (Å²) in [6, 6.07) is 29.5. The molecule has 1 saturated heterocycles. The van der Waals surface area contributed by atoms with E-state index in [0.717, 1.165) is 29.1 Å². The Labute approximate surface area is 239 Å². The minimum absolute atomic E-state index is 0.210. The van der Waals surface area contributed by atoms with Crippen LogP contribution in [0.1, 0.15) is 46.6 Å². The van der Waals surface area contributed by atoms with Gasteiger partial charge in [-0.1, -0.05) is 60.1 Å². The van der Waals surface area contributed by atoms with E-state index < -0.39 is 0 Å². The smallest absolute Gasteiger partial charge is 0.255 e. The van der Waals surface area contributed by atoms with Crippen molar-refractivity contribution in [3.63, 3.8) is 0 Å². The van der Waals surface area contributed by atoms with Crippen LogP contribution < -0.4 is 5.32 Å². The van der Waals surface area contributed by atoms with Crippen molar-refractivity contribution in [3.8, 4) is 11.3 Å². The lowest BCUT2D eigenvalue weighted by Crippen LogP contribution is -2.20. The fraction of sp³-hybridized carbons (Fsp3) is 0.242. The molecule has 5 aromatic rings. The number of halogens is 1. The van der Waals surface area contributed by atoms with Crippen LogP contribution in [0.4, 0.5) is 5.69 Å². The van der Waals surface area contributed by atoms with Gasteiger partial charge < -0.3 is 10.2 Å². The highest BCUT2D eigenvalue weighted by Gasteiger charge is 2.13. The molecule has 1 aliphatic rings. The van der Waals surface area contributed by atoms with Gasteiger partial charge in [0, 0.05) is 28.3 Å². The highest BCUT2D eigenvalue weighted by molar-refractivity contribution is 6.31. The van der Waals surface area contributed by atoms with Crippen LogP contribution in [0, 0.1) is 0 Å². The van der Waals surface area contributed by atoms with Gasteiger partial charge in [0.05, 0.1) is 5.69 Å². The van der Waals surface area contributed by atoms with Crippen LogP contribution >= 0.6 is 11.6 Å².